The molecule has 0 fully saturated rings. The molecule has 4 rings (SSSR count). The highest BCUT2D eigenvalue weighted by molar-refractivity contribution is 5.82. The average Bonchev–Trinajstić information content (AvgIpc) is 3.14. The van der Waals surface area contributed by atoms with Crippen molar-refractivity contribution in [2.24, 2.45) is 0 Å². The number of pyridine rings is 2. The second-order valence-electron chi connectivity index (χ2n) is 6.32. The summed E-state index contributed by atoms with van der Waals surface area (Å²) in [5.74, 6) is 1.14. The van der Waals surface area contributed by atoms with Crippen LogP contribution in [0.2, 0.25) is 0 Å². The molecule has 0 radical (unpaired) electrons. The van der Waals surface area contributed by atoms with Crippen molar-refractivity contribution in [3.63, 3.8) is 0 Å². The lowest BCUT2D eigenvalue weighted by Gasteiger charge is -2.07. The van der Waals surface area contributed by atoms with Gasteiger partial charge in [0.15, 0.2) is 11.6 Å². The van der Waals surface area contributed by atoms with Gasteiger partial charge in [-0.25, -0.2) is 14.4 Å². The first-order valence-electron chi connectivity index (χ1n) is 8.63. The van der Waals surface area contributed by atoms with Crippen LogP contribution in [-0.4, -0.2) is 27.0 Å². The van der Waals surface area contributed by atoms with Crippen LogP contribution in [0.1, 0.15) is 5.56 Å². The molecule has 0 bridgehead atoms. The van der Waals surface area contributed by atoms with E-state index in [1.165, 1.54) is 12.1 Å². The number of imidazole rings is 1. The minimum Gasteiger partial charge on any atom is -0.493 e. The number of aromatic amines is 1. The highest BCUT2D eigenvalue weighted by Crippen LogP contribution is 2.35. The summed E-state index contributed by atoms with van der Waals surface area (Å²) in [6.45, 7) is 1.85. The Hall–Kier alpha value is -3.74. The highest BCUT2D eigenvalue weighted by Gasteiger charge is 2.18. The molecular weight excluding hydrogens is 357 g/mol. The third kappa shape index (κ3) is 3.18. The lowest BCUT2D eigenvalue weighted by molar-refractivity contribution is 0.415. The summed E-state index contributed by atoms with van der Waals surface area (Å²) >= 11 is 0. The third-order valence-corrected chi connectivity index (χ3v) is 4.49. The van der Waals surface area contributed by atoms with Gasteiger partial charge in [0.1, 0.15) is 11.6 Å². The minimum atomic E-state index is -0.283. The van der Waals surface area contributed by atoms with Gasteiger partial charge in [0.25, 0.3) is 0 Å². The summed E-state index contributed by atoms with van der Waals surface area (Å²) in [4.78, 5) is 16.4. The quantitative estimate of drug-likeness (QED) is 0.557. The fourth-order valence-corrected chi connectivity index (χ4v) is 3.08. The zero-order valence-corrected chi connectivity index (χ0v) is 15.4. The zero-order valence-electron chi connectivity index (χ0n) is 15.4. The van der Waals surface area contributed by atoms with Gasteiger partial charge in [0.2, 0.25) is 0 Å². The number of hydrogen-bond donors (Lipinski definition) is 2. The predicted molar refractivity (Wildman–Crippen MR) is 106 cm³/mol. The van der Waals surface area contributed by atoms with Gasteiger partial charge in [-0.1, -0.05) is 0 Å². The highest BCUT2D eigenvalue weighted by atomic mass is 19.1. The van der Waals surface area contributed by atoms with E-state index in [4.69, 9.17) is 15.5 Å². The molecule has 0 atom stereocenters. The maximum absolute atomic E-state index is 13.5. The molecule has 0 aliphatic carbocycles. The van der Waals surface area contributed by atoms with Crippen molar-refractivity contribution in [3.8, 4) is 39.7 Å². The molecule has 3 heterocycles. The summed E-state index contributed by atoms with van der Waals surface area (Å²) < 4.78 is 18.8. The molecule has 140 valence electrons. The number of nitrogens with one attached hydrogen (secondary N) is 1. The Kier molecular flexibility index (Phi) is 4.49. The topological polar surface area (TPSA) is 89.7 Å². The van der Waals surface area contributed by atoms with Crippen molar-refractivity contribution >= 4 is 5.82 Å². The lowest BCUT2D eigenvalue weighted by atomic mass is 10.1. The fraction of sp³-hybridized carbons (Fsp3) is 0.0952. The molecule has 7 heteroatoms. The first-order chi connectivity index (χ1) is 13.6. The van der Waals surface area contributed by atoms with Gasteiger partial charge < -0.3 is 15.5 Å². The molecule has 6 nitrogen and oxygen atoms in total. The fourth-order valence-electron chi connectivity index (χ4n) is 3.08. The number of nitrogens with zero attached hydrogens (tertiary/aromatic N) is 3. The van der Waals surface area contributed by atoms with Crippen LogP contribution in [0.25, 0.3) is 33.9 Å². The van der Waals surface area contributed by atoms with Crippen LogP contribution in [0.3, 0.4) is 0 Å². The van der Waals surface area contributed by atoms with E-state index in [1.807, 2.05) is 25.1 Å². The van der Waals surface area contributed by atoms with E-state index in [-0.39, 0.29) is 5.82 Å². The molecule has 0 amide bonds. The number of rotatable bonds is 4. The van der Waals surface area contributed by atoms with Crippen LogP contribution in [0.5, 0.6) is 5.75 Å². The number of anilines is 1. The number of nitrogen functional groups attached to an aromatic ring is 1. The molecule has 4 aromatic rings. The van der Waals surface area contributed by atoms with Gasteiger partial charge in [-0.05, 0) is 48.9 Å². The number of aryl methyl sites for hydroxylation is 1. The van der Waals surface area contributed by atoms with Crippen molar-refractivity contribution in [3.05, 3.63) is 66.4 Å². The van der Waals surface area contributed by atoms with E-state index in [1.54, 1.807) is 31.8 Å². The standard InChI is InChI=1S/C21H18FN5O/c1-12-9-15(22)3-4-16(12)21-26-18(13-5-7-24-8-6-13)19(27-21)14-10-17(28-2)20(23)25-11-14/h3-11H,1-2H3,(H2,23,25)(H,26,27). The van der Waals surface area contributed by atoms with Crippen LogP contribution in [0, 0.1) is 12.7 Å². The first-order valence-corrected chi connectivity index (χ1v) is 8.63. The average molecular weight is 375 g/mol. The predicted octanol–water partition coefficient (Wildman–Crippen LogP) is 4.24. The summed E-state index contributed by atoms with van der Waals surface area (Å²) in [7, 11) is 1.54. The van der Waals surface area contributed by atoms with E-state index < -0.39 is 0 Å². The van der Waals surface area contributed by atoms with E-state index in [9.17, 15) is 4.39 Å². The smallest absolute Gasteiger partial charge is 0.166 e. The second-order valence-corrected chi connectivity index (χ2v) is 6.32. The summed E-state index contributed by atoms with van der Waals surface area (Å²) in [6.07, 6.45) is 5.08. The normalized spacial score (nSPS) is 10.8. The summed E-state index contributed by atoms with van der Waals surface area (Å²) in [5.41, 5.74) is 10.6. The van der Waals surface area contributed by atoms with Crippen LogP contribution < -0.4 is 10.5 Å². The van der Waals surface area contributed by atoms with Gasteiger partial charge >= 0.3 is 0 Å². The number of halogens is 1. The maximum Gasteiger partial charge on any atom is 0.166 e. The molecular formula is C21H18FN5O. The van der Waals surface area contributed by atoms with Crippen LogP contribution in [0.4, 0.5) is 10.2 Å². The molecule has 0 unspecified atom stereocenters. The SMILES string of the molecule is COc1cc(-c2[nH]c(-c3ccc(F)cc3C)nc2-c2ccncc2)cnc1N. The van der Waals surface area contributed by atoms with Crippen molar-refractivity contribution in [1.82, 2.24) is 19.9 Å². The summed E-state index contributed by atoms with van der Waals surface area (Å²) in [6, 6.07) is 10.2. The molecule has 28 heavy (non-hydrogen) atoms. The Balaban J connectivity index is 1.93. The van der Waals surface area contributed by atoms with Gasteiger partial charge in [-0.2, -0.15) is 0 Å². The molecule has 3 N–H and O–H groups in total. The molecule has 0 saturated heterocycles. The Morgan fingerprint density at radius 2 is 1.86 bits per heavy atom. The Labute approximate surface area is 161 Å². The third-order valence-electron chi connectivity index (χ3n) is 4.49. The Morgan fingerprint density at radius 3 is 2.57 bits per heavy atom. The number of methoxy groups -OCH3 is 1. The molecule has 0 spiro atoms. The molecule has 0 aliphatic rings. The van der Waals surface area contributed by atoms with Gasteiger partial charge in [0, 0.05) is 35.3 Å². The number of aromatic nitrogens is 4. The van der Waals surface area contributed by atoms with Gasteiger partial charge in [-0.15, -0.1) is 0 Å². The second kappa shape index (κ2) is 7.11. The number of H-pyrrole nitrogens is 1. The maximum atomic E-state index is 13.5. The minimum absolute atomic E-state index is 0.283. The molecule has 3 aromatic heterocycles. The van der Waals surface area contributed by atoms with Crippen molar-refractivity contribution in [1.29, 1.82) is 0 Å². The van der Waals surface area contributed by atoms with Gasteiger partial charge in [0.05, 0.1) is 18.5 Å². The molecule has 0 aliphatic heterocycles. The number of ether oxygens (including phenoxy) is 1. The summed E-state index contributed by atoms with van der Waals surface area (Å²) in [5, 5.41) is 0. The van der Waals surface area contributed by atoms with Crippen LogP contribution in [0.15, 0.2) is 55.0 Å². The van der Waals surface area contributed by atoms with E-state index in [2.05, 4.69) is 15.0 Å². The number of hydrogen-bond acceptors (Lipinski definition) is 5. The van der Waals surface area contributed by atoms with E-state index in [0.717, 1.165) is 33.6 Å². The first kappa shape index (κ1) is 17.7. The van der Waals surface area contributed by atoms with Crippen molar-refractivity contribution < 1.29 is 9.13 Å². The number of nitrogens with two attached hydrogens (primary N) is 1. The van der Waals surface area contributed by atoms with Crippen LogP contribution in [-0.2, 0) is 0 Å². The van der Waals surface area contributed by atoms with E-state index >= 15 is 0 Å². The van der Waals surface area contributed by atoms with Gasteiger partial charge in [-0.3, -0.25) is 4.98 Å². The number of benzene rings is 1. The van der Waals surface area contributed by atoms with Crippen molar-refractivity contribution in [2.75, 3.05) is 12.8 Å². The molecule has 0 saturated carbocycles. The lowest BCUT2D eigenvalue weighted by Crippen LogP contribution is -1.96. The largest absolute Gasteiger partial charge is 0.493 e. The molecule has 1 aromatic carbocycles. The Bertz CT molecular complexity index is 1140. The van der Waals surface area contributed by atoms with Crippen LogP contribution >= 0.6 is 0 Å². The monoisotopic (exact) mass is 375 g/mol. The Morgan fingerprint density at radius 1 is 1.07 bits per heavy atom. The van der Waals surface area contributed by atoms with E-state index in [0.29, 0.717) is 17.4 Å². The van der Waals surface area contributed by atoms with Crippen molar-refractivity contribution in [2.45, 2.75) is 6.92 Å². The zero-order chi connectivity index (χ0) is 19.7.